The Morgan fingerprint density at radius 2 is 1.34 bits per heavy atom. The summed E-state index contributed by atoms with van der Waals surface area (Å²) >= 11 is 5.72. The third kappa shape index (κ3) is 7.11. The molecule has 0 spiro atoms. The Bertz CT molecular complexity index is 2690. The molecule has 0 aromatic heterocycles. The van der Waals surface area contributed by atoms with E-state index in [1.807, 2.05) is 109 Å². The van der Waals surface area contributed by atoms with Crippen molar-refractivity contribution in [1.29, 1.82) is 0 Å². The van der Waals surface area contributed by atoms with Gasteiger partial charge >= 0.3 is 0 Å². The molecule has 62 heavy (non-hydrogen) atoms. The second-order valence-electron chi connectivity index (χ2n) is 17.9. The minimum absolute atomic E-state index is 0.000345. The maximum Gasteiger partial charge on any atom is 0.240 e. The van der Waals surface area contributed by atoms with Crippen molar-refractivity contribution >= 4 is 51.9 Å². The molecule has 1 amide bonds. The van der Waals surface area contributed by atoms with Gasteiger partial charge in [-0.15, -0.1) is 0 Å². The molecule has 4 aliphatic rings. The monoisotopic (exact) mass is 843 g/mol. The molecule has 2 atom stereocenters. The molecule has 4 aromatic rings. The summed E-state index contributed by atoms with van der Waals surface area (Å²) in [5, 5.41) is 0.421. The molecule has 9 heteroatoms. The van der Waals surface area contributed by atoms with Crippen LogP contribution in [0.5, 0.6) is 0 Å². The molecule has 1 fully saturated rings. The average molecular weight is 844 g/mol. The summed E-state index contributed by atoms with van der Waals surface area (Å²) in [6, 6.07) is 30.8. The highest BCUT2D eigenvalue weighted by Crippen LogP contribution is 2.48. The van der Waals surface area contributed by atoms with E-state index in [1.54, 1.807) is 19.1 Å². The minimum atomic E-state index is -0.632. The SMILES string of the molecule is COC1C(C2=C(/C=C/C3=[N+](C)c4ccc(C(=O)c5ccccc5)cc4C3(C)C)CCC/C2=C\C=C2\N(C)c3ccc(C(=O)c4ccccc4)cc3C2(C)C)C(=O)N(C)C(=S)N1C. The Labute approximate surface area is 371 Å². The van der Waals surface area contributed by atoms with Crippen molar-refractivity contribution in [2.24, 2.45) is 5.92 Å². The van der Waals surface area contributed by atoms with E-state index in [1.165, 1.54) is 0 Å². The fraction of sp³-hybridized carbons (Fsp3) is 0.302. The smallest absolute Gasteiger partial charge is 0.240 e. The predicted octanol–water partition coefficient (Wildman–Crippen LogP) is 9.71. The molecule has 2 unspecified atom stereocenters. The predicted molar refractivity (Wildman–Crippen MR) is 252 cm³/mol. The zero-order chi connectivity index (χ0) is 44.2. The summed E-state index contributed by atoms with van der Waals surface area (Å²) in [5.41, 5.74) is 11.4. The van der Waals surface area contributed by atoms with Crippen molar-refractivity contribution in [2.45, 2.75) is 64.0 Å². The van der Waals surface area contributed by atoms with Crippen LogP contribution in [0.4, 0.5) is 11.4 Å². The molecule has 8 rings (SSSR count). The number of rotatable bonds is 9. The van der Waals surface area contributed by atoms with E-state index in [2.05, 4.69) is 75.6 Å². The van der Waals surface area contributed by atoms with Crippen molar-refractivity contribution in [3.63, 3.8) is 0 Å². The van der Waals surface area contributed by atoms with E-state index in [0.29, 0.717) is 27.4 Å². The van der Waals surface area contributed by atoms with Crippen molar-refractivity contribution in [2.75, 3.05) is 40.2 Å². The number of benzene rings is 4. The van der Waals surface area contributed by atoms with Crippen LogP contribution >= 0.6 is 12.2 Å². The Kier molecular flexibility index (Phi) is 11.2. The van der Waals surface area contributed by atoms with Crippen LogP contribution in [0.25, 0.3) is 0 Å². The van der Waals surface area contributed by atoms with E-state index < -0.39 is 23.0 Å². The first-order valence-electron chi connectivity index (χ1n) is 21.3. The molecule has 1 aliphatic carbocycles. The average Bonchev–Trinajstić information content (AvgIpc) is 3.60. The summed E-state index contributed by atoms with van der Waals surface area (Å²) in [6.45, 7) is 8.81. The van der Waals surface area contributed by atoms with Gasteiger partial charge in [0.1, 0.15) is 19.2 Å². The van der Waals surface area contributed by atoms with Crippen LogP contribution in [-0.4, -0.2) is 84.2 Å². The van der Waals surface area contributed by atoms with E-state index >= 15 is 0 Å². The van der Waals surface area contributed by atoms with Crippen LogP contribution in [0.3, 0.4) is 0 Å². The number of ketones is 2. The summed E-state index contributed by atoms with van der Waals surface area (Å²) in [5.74, 6) is -0.732. The van der Waals surface area contributed by atoms with Gasteiger partial charge in [0.25, 0.3) is 0 Å². The van der Waals surface area contributed by atoms with Crippen LogP contribution in [-0.2, 0) is 20.4 Å². The van der Waals surface area contributed by atoms with E-state index in [0.717, 1.165) is 69.9 Å². The molecule has 4 aromatic carbocycles. The summed E-state index contributed by atoms with van der Waals surface area (Å²) in [6.07, 6.45) is 10.7. The molecule has 0 radical (unpaired) electrons. The molecular weight excluding hydrogens is 789 g/mol. The van der Waals surface area contributed by atoms with Crippen LogP contribution in [0, 0.1) is 5.92 Å². The molecule has 316 valence electrons. The summed E-state index contributed by atoms with van der Waals surface area (Å²) in [7, 11) is 9.43. The standard InChI is InChI=1S/C53H55N4O4S/c1-52(2)39-31-37(47(58)35-17-12-10-13-18-35)23-27-41(39)54(5)43(52)29-25-33-21-16-22-34(45(33)46-49(60)56(7)51(62)57(8)50(46)61-9)26-30-44-53(3,4)40-32-38(24-28-42(40)55(44)6)48(59)36-19-14-11-15-20-36/h10-15,17-20,23-32,46,50H,16,21-22H2,1-9H3/q+1. The normalized spacial score (nSPS) is 22.0. The highest BCUT2D eigenvalue weighted by atomic mass is 32.1. The number of carbonyl (C=O) groups is 3. The van der Waals surface area contributed by atoms with Crippen LogP contribution < -0.4 is 4.90 Å². The number of anilines is 1. The number of hydrogen-bond acceptors (Lipinski definition) is 6. The highest BCUT2D eigenvalue weighted by Gasteiger charge is 2.47. The van der Waals surface area contributed by atoms with Gasteiger partial charge in [0, 0.05) is 85.0 Å². The van der Waals surface area contributed by atoms with Gasteiger partial charge in [0.2, 0.25) is 11.6 Å². The lowest BCUT2D eigenvalue weighted by molar-refractivity contribution is -0.401. The number of allylic oxidation sites excluding steroid dienone is 7. The van der Waals surface area contributed by atoms with Crippen molar-refractivity contribution < 1.29 is 23.7 Å². The largest absolute Gasteiger partial charge is 0.360 e. The number of ether oxygens (including phenoxy) is 1. The van der Waals surface area contributed by atoms with Gasteiger partial charge < -0.3 is 14.5 Å². The molecule has 3 heterocycles. The van der Waals surface area contributed by atoms with E-state index in [4.69, 9.17) is 17.0 Å². The molecule has 0 N–H and O–H groups in total. The maximum atomic E-state index is 14.5. The van der Waals surface area contributed by atoms with Crippen LogP contribution in [0.1, 0.15) is 89.9 Å². The lowest BCUT2D eigenvalue weighted by Crippen LogP contribution is -2.60. The summed E-state index contributed by atoms with van der Waals surface area (Å²) < 4.78 is 8.35. The molecule has 0 bridgehead atoms. The number of amides is 1. The van der Waals surface area contributed by atoms with Crippen LogP contribution in [0.2, 0.25) is 0 Å². The highest BCUT2D eigenvalue weighted by molar-refractivity contribution is 7.80. The quantitative estimate of drug-likeness (QED) is 0.0945. The lowest BCUT2D eigenvalue weighted by atomic mass is 9.76. The lowest BCUT2D eigenvalue weighted by Gasteiger charge is -2.45. The number of hydrogen-bond donors (Lipinski definition) is 0. The van der Waals surface area contributed by atoms with Gasteiger partial charge in [0.05, 0.1) is 5.41 Å². The molecular formula is C53H55N4O4S+. The number of likely N-dealkylation sites (N-methyl/N-ethyl adjacent to an activating group) is 1. The van der Waals surface area contributed by atoms with Gasteiger partial charge in [0.15, 0.2) is 22.4 Å². The fourth-order valence-electron chi connectivity index (χ4n) is 10.1. The Morgan fingerprint density at radius 3 is 1.95 bits per heavy atom. The van der Waals surface area contributed by atoms with Gasteiger partial charge in [-0.2, -0.15) is 4.58 Å². The number of thiocarbonyl (C=S) groups is 1. The Hall–Kier alpha value is -6.03. The number of carbonyl (C=O) groups excluding carboxylic acids is 3. The molecule has 3 aliphatic heterocycles. The van der Waals surface area contributed by atoms with Gasteiger partial charge in [-0.05, 0) is 104 Å². The Morgan fingerprint density at radius 1 is 0.742 bits per heavy atom. The van der Waals surface area contributed by atoms with E-state index in [9.17, 15) is 14.4 Å². The van der Waals surface area contributed by atoms with E-state index in [-0.39, 0.29) is 17.5 Å². The third-order valence-electron chi connectivity index (χ3n) is 13.5. The fourth-order valence-corrected chi connectivity index (χ4v) is 10.3. The van der Waals surface area contributed by atoms with Crippen molar-refractivity contribution in [1.82, 2.24) is 9.80 Å². The molecule has 1 saturated heterocycles. The summed E-state index contributed by atoms with van der Waals surface area (Å²) in [4.78, 5) is 47.2. The first kappa shape index (κ1) is 42.7. The van der Waals surface area contributed by atoms with Gasteiger partial charge in [-0.25, -0.2) is 0 Å². The zero-order valence-electron chi connectivity index (χ0n) is 37.2. The third-order valence-corrected chi connectivity index (χ3v) is 14.1. The first-order chi connectivity index (χ1) is 29.6. The minimum Gasteiger partial charge on any atom is -0.360 e. The number of fused-ring (bicyclic) bond motifs is 2. The Balaban J connectivity index is 1.20. The number of methoxy groups -OCH3 is 1. The van der Waals surface area contributed by atoms with Crippen LogP contribution in [0.15, 0.2) is 144 Å². The first-order valence-corrected chi connectivity index (χ1v) is 21.7. The maximum absolute atomic E-state index is 14.5. The number of nitrogens with zero attached hydrogens (tertiary/aromatic N) is 4. The topological polar surface area (TPSA) is 73.2 Å². The molecule has 0 saturated carbocycles. The second kappa shape index (κ2) is 16.3. The van der Waals surface area contributed by atoms with Gasteiger partial charge in [-0.1, -0.05) is 86.7 Å². The molecule has 8 nitrogen and oxygen atoms in total. The van der Waals surface area contributed by atoms with Gasteiger partial charge in [-0.3, -0.25) is 19.3 Å². The van der Waals surface area contributed by atoms with Crippen molar-refractivity contribution in [3.8, 4) is 0 Å². The zero-order valence-corrected chi connectivity index (χ0v) is 38.0. The van der Waals surface area contributed by atoms with Crippen molar-refractivity contribution in [3.05, 3.63) is 177 Å². The second-order valence-corrected chi connectivity index (χ2v) is 18.2.